The number of amides is 2. The highest BCUT2D eigenvalue weighted by Crippen LogP contribution is 2.35. The van der Waals surface area contributed by atoms with Crippen molar-refractivity contribution in [2.45, 2.75) is 45.1 Å². The quantitative estimate of drug-likeness (QED) is 0.763. The van der Waals surface area contributed by atoms with Crippen LogP contribution in [-0.2, 0) is 13.5 Å². The molecule has 1 aromatic heterocycles. The van der Waals surface area contributed by atoms with Crippen molar-refractivity contribution in [1.29, 1.82) is 0 Å². The highest BCUT2D eigenvalue weighted by molar-refractivity contribution is 5.73. The van der Waals surface area contributed by atoms with Gasteiger partial charge in [0.15, 0.2) is 0 Å². The molecule has 0 spiro atoms. The summed E-state index contributed by atoms with van der Waals surface area (Å²) in [4.78, 5) is 11.8. The second kappa shape index (κ2) is 6.93. The van der Waals surface area contributed by atoms with Crippen molar-refractivity contribution in [2.75, 3.05) is 13.1 Å². The molecule has 2 amide bonds. The zero-order valence-electron chi connectivity index (χ0n) is 12.9. The van der Waals surface area contributed by atoms with E-state index in [1.165, 1.54) is 0 Å². The van der Waals surface area contributed by atoms with E-state index in [0.29, 0.717) is 13.1 Å². The first-order valence-electron chi connectivity index (χ1n) is 7.67. The van der Waals surface area contributed by atoms with Gasteiger partial charge in [-0.2, -0.15) is 5.10 Å². The molecule has 0 bridgehead atoms. The Morgan fingerprint density at radius 1 is 1.52 bits per heavy atom. The molecule has 0 aromatic carbocycles. The Morgan fingerprint density at radius 3 is 3.00 bits per heavy atom. The molecular formula is C15H26N4O2. The van der Waals surface area contributed by atoms with Gasteiger partial charge in [-0.3, -0.25) is 4.68 Å². The SMILES string of the molecule is Cn1cc(CCNC(=O)NCC2(C)CCCCC2O)cn1. The van der Waals surface area contributed by atoms with E-state index in [2.05, 4.69) is 15.7 Å². The molecule has 0 aliphatic heterocycles. The number of rotatable bonds is 5. The Hall–Kier alpha value is -1.56. The molecule has 21 heavy (non-hydrogen) atoms. The van der Waals surface area contributed by atoms with Crippen LogP contribution in [0, 0.1) is 5.41 Å². The van der Waals surface area contributed by atoms with E-state index in [4.69, 9.17) is 0 Å². The first-order chi connectivity index (χ1) is 9.99. The number of carbonyl (C=O) groups is 1. The van der Waals surface area contributed by atoms with Crippen LogP contribution in [0.25, 0.3) is 0 Å². The van der Waals surface area contributed by atoms with Crippen LogP contribution in [0.4, 0.5) is 4.79 Å². The van der Waals surface area contributed by atoms with Gasteiger partial charge in [0.25, 0.3) is 0 Å². The minimum atomic E-state index is -0.318. The van der Waals surface area contributed by atoms with Crippen molar-refractivity contribution in [2.24, 2.45) is 12.5 Å². The van der Waals surface area contributed by atoms with E-state index in [9.17, 15) is 9.90 Å². The van der Waals surface area contributed by atoms with Gasteiger partial charge in [-0.1, -0.05) is 19.8 Å². The maximum absolute atomic E-state index is 11.8. The summed E-state index contributed by atoms with van der Waals surface area (Å²) >= 11 is 0. The molecule has 6 heteroatoms. The molecule has 0 radical (unpaired) electrons. The van der Waals surface area contributed by atoms with Gasteiger partial charge >= 0.3 is 6.03 Å². The fraction of sp³-hybridized carbons (Fsp3) is 0.733. The lowest BCUT2D eigenvalue weighted by Gasteiger charge is -2.38. The zero-order valence-corrected chi connectivity index (χ0v) is 12.9. The minimum Gasteiger partial charge on any atom is -0.392 e. The number of hydrogen-bond donors (Lipinski definition) is 3. The predicted molar refractivity (Wildman–Crippen MR) is 80.9 cm³/mol. The molecule has 2 atom stereocenters. The van der Waals surface area contributed by atoms with Gasteiger partial charge in [-0.25, -0.2) is 4.79 Å². The number of aryl methyl sites for hydroxylation is 1. The van der Waals surface area contributed by atoms with E-state index in [1.807, 2.05) is 20.2 Å². The molecule has 3 N–H and O–H groups in total. The second-order valence-electron chi connectivity index (χ2n) is 6.30. The van der Waals surface area contributed by atoms with Gasteiger partial charge in [0, 0.05) is 31.7 Å². The molecule has 1 aromatic rings. The Balaban J connectivity index is 1.67. The third kappa shape index (κ3) is 4.46. The lowest BCUT2D eigenvalue weighted by atomic mass is 9.73. The van der Waals surface area contributed by atoms with E-state index in [-0.39, 0.29) is 17.6 Å². The lowest BCUT2D eigenvalue weighted by Crippen LogP contribution is -2.47. The van der Waals surface area contributed by atoms with Crippen LogP contribution >= 0.6 is 0 Å². The molecule has 6 nitrogen and oxygen atoms in total. The molecule has 1 aliphatic rings. The van der Waals surface area contributed by atoms with Crippen LogP contribution in [0.2, 0.25) is 0 Å². The zero-order chi connectivity index (χ0) is 15.3. The monoisotopic (exact) mass is 294 g/mol. The standard InChI is InChI=1S/C15H26N4O2/c1-15(7-4-3-5-13(15)20)11-17-14(21)16-8-6-12-9-18-19(2)10-12/h9-10,13,20H,3-8,11H2,1-2H3,(H2,16,17,21). The van der Waals surface area contributed by atoms with Crippen molar-refractivity contribution < 1.29 is 9.90 Å². The summed E-state index contributed by atoms with van der Waals surface area (Å²) in [6.07, 6.45) is 8.19. The van der Waals surface area contributed by atoms with Crippen LogP contribution in [-0.4, -0.2) is 40.1 Å². The summed E-state index contributed by atoms with van der Waals surface area (Å²) in [5.74, 6) is 0. The molecule has 2 rings (SSSR count). The van der Waals surface area contributed by atoms with Crippen molar-refractivity contribution in [1.82, 2.24) is 20.4 Å². The van der Waals surface area contributed by atoms with Gasteiger partial charge in [0.05, 0.1) is 12.3 Å². The average Bonchev–Trinajstić information content (AvgIpc) is 2.86. The van der Waals surface area contributed by atoms with Crippen molar-refractivity contribution >= 4 is 6.03 Å². The molecule has 1 heterocycles. The van der Waals surface area contributed by atoms with E-state index < -0.39 is 0 Å². The molecule has 1 fully saturated rings. The van der Waals surface area contributed by atoms with Gasteiger partial charge in [0.2, 0.25) is 0 Å². The van der Waals surface area contributed by atoms with Gasteiger partial charge in [0.1, 0.15) is 0 Å². The maximum atomic E-state index is 11.8. The second-order valence-corrected chi connectivity index (χ2v) is 6.30. The summed E-state index contributed by atoms with van der Waals surface area (Å²) in [5.41, 5.74) is 0.909. The Labute approximate surface area is 125 Å². The molecule has 118 valence electrons. The average molecular weight is 294 g/mol. The van der Waals surface area contributed by atoms with E-state index in [1.54, 1.807) is 10.9 Å². The summed E-state index contributed by atoms with van der Waals surface area (Å²) in [6.45, 7) is 3.15. The number of hydrogen-bond acceptors (Lipinski definition) is 3. The summed E-state index contributed by atoms with van der Waals surface area (Å²) in [7, 11) is 1.87. The van der Waals surface area contributed by atoms with Gasteiger partial charge in [-0.15, -0.1) is 0 Å². The number of nitrogens with zero attached hydrogens (tertiary/aromatic N) is 2. The smallest absolute Gasteiger partial charge is 0.314 e. The van der Waals surface area contributed by atoms with Crippen LogP contribution in [0.3, 0.4) is 0 Å². The number of urea groups is 1. The van der Waals surface area contributed by atoms with Crippen LogP contribution in [0.5, 0.6) is 0 Å². The van der Waals surface area contributed by atoms with Crippen molar-refractivity contribution in [3.63, 3.8) is 0 Å². The molecule has 1 aliphatic carbocycles. The number of carbonyl (C=O) groups excluding carboxylic acids is 1. The number of nitrogens with one attached hydrogen (secondary N) is 2. The predicted octanol–water partition coefficient (Wildman–Crippen LogP) is 1.20. The summed E-state index contributed by atoms with van der Waals surface area (Å²) < 4.78 is 1.75. The van der Waals surface area contributed by atoms with Gasteiger partial charge in [-0.05, 0) is 24.8 Å². The summed E-state index contributed by atoms with van der Waals surface area (Å²) in [6, 6.07) is -0.169. The maximum Gasteiger partial charge on any atom is 0.314 e. The topological polar surface area (TPSA) is 79.2 Å². The number of aromatic nitrogens is 2. The number of aliphatic hydroxyl groups excluding tert-OH is 1. The Bertz CT molecular complexity index is 474. The molecule has 0 saturated heterocycles. The lowest BCUT2D eigenvalue weighted by molar-refractivity contribution is 0.00310. The Kier molecular flexibility index (Phi) is 5.22. The number of aliphatic hydroxyl groups is 1. The van der Waals surface area contributed by atoms with E-state index >= 15 is 0 Å². The first kappa shape index (κ1) is 15.8. The highest BCUT2D eigenvalue weighted by atomic mass is 16.3. The molecular weight excluding hydrogens is 268 g/mol. The fourth-order valence-electron chi connectivity index (χ4n) is 2.85. The molecule has 2 unspecified atom stereocenters. The van der Waals surface area contributed by atoms with Crippen molar-refractivity contribution in [3.8, 4) is 0 Å². The third-order valence-electron chi connectivity index (χ3n) is 4.39. The first-order valence-corrected chi connectivity index (χ1v) is 7.67. The fourth-order valence-corrected chi connectivity index (χ4v) is 2.85. The van der Waals surface area contributed by atoms with Gasteiger partial charge < -0.3 is 15.7 Å². The largest absolute Gasteiger partial charge is 0.392 e. The van der Waals surface area contributed by atoms with Crippen LogP contribution < -0.4 is 10.6 Å². The minimum absolute atomic E-state index is 0.169. The van der Waals surface area contributed by atoms with E-state index in [0.717, 1.165) is 37.7 Å². The summed E-state index contributed by atoms with van der Waals surface area (Å²) in [5, 5.41) is 19.9. The molecule has 1 saturated carbocycles. The Morgan fingerprint density at radius 2 is 2.33 bits per heavy atom. The van der Waals surface area contributed by atoms with Crippen LogP contribution in [0.1, 0.15) is 38.2 Å². The third-order valence-corrected chi connectivity index (χ3v) is 4.39. The normalized spacial score (nSPS) is 25.6. The highest BCUT2D eigenvalue weighted by Gasteiger charge is 2.35. The van der Waals surface area contributed by atoms with Crippen LogP contribution in [0.15, 0.2) is 12.4 Å². The van der Waals surface area contributed by atoms with Crippen molar-refractivity contribution in [3.05, 3.63) is 18.0 Å².